The summed E-state index contributed by atoms with van der Waals surface area (Å²) in [5, 5.41) is 21.9. The number of aromatic nitrogens is 3. The minimum atomic E-state index is 0.176. The van der Waals surface area contributed by atoms with Gasteiger partial charge in [-0.3, -0.25) is 0 Å². The summed E-state index contributed by atoms with van der Waals surface area (Å²) in [5.41, 5.74) is 9.50. The van der Waals surface area contributed by atoms with Crippen LogP contribution >= 0.6 is 0 Å². The Balaban J connectivity index is 1.37. The Labute approximate surface area is 199 Å². The molecule has 4 heterocycles. The van der Waals surface area contributed by atoms with E-state index in [9.17, 15) is 5.11 Å². The molecular weight excluding hydrogens is 430 g/mol. The molecule has 1 atom stereocenters. The Bertz CT molecular complexity index is 1140. The van der Waals surface area contributed by atoms with Crippen LogP contribution in [0.2, 0.25) is 0 Å². The molecule has 1 aromatic carbocycles. The molecule has 2 aliphatic heterocycles. The van der Waals surface area contributed by atoms with Crippen LogP contribution in [-0.2, 0) is 0 Å². The topological polar surface area (TPSA) is 113 Å². The van der Waals surface area contributed by atoms with E-state index in [4.69, 9.17) is 10.5 Å². The number of benzene rings is 1. The molecule has 5 rings (SSSR count). The lowest BCUT2D eigenvalue weighted by molar-refractivity contribution is 0.136. The molecule has 34 heavy (non-hydrogen) atoms. The number of phenolic OH excluding ortho intramolecular Hbond substituents is 1. The minimum absolute atomic E-state index is 0.176. The van der Waals surface area contributed by atoms with Crippen LogP contribution in [0.15, 0.2) is 48.7 Å². The third-order valence-corrected chi connectivity index (χ3v) is 6.51. The number of hydrogen-bond acceptors (Lipinski definition) is 9. The molecule has 0 amide bonds. The summed E-state index contributed by atoms with van der Waals surface area (Å²) < 4.78 is 5.99. The van der Waals surface area contributed by atoms with Gasteiger partial charge in [0.2, 0.25) is 5.88 Å². The number of phenols is 1. The fourth-order valence-electron chi connectivity index (χ4n) is 4.62. The van der Waals surface area contributed by atoms with Crippen molar-refractivity contribution < 1.29 is 9.84 Å². The number of anilines is 3. The maximum atomic E-state index is 10.3. The molecule has 2 fully saturated rings. The van der Waals surface area contributed by atoms with Crippen LogP contribution < -0.4 is 25.6 Å². The Hall–Kier alpha value is -3.59. The van der Waals surface area contributed by atoms with Crippen molar-refractivity contribution >= 4 is 17.2 Å². The van der Waals surface area contributed by atoms with Gasteiger partial charge in [0.15, 0.2) is 5.82 Å². The molecule has 2 aliphatic rings. The van der Waals surface area contributed by atoms with Gasteiger partial charge in [-0.1, -0.05) is 25.5 Å². The second-order valence-corrected chi connectivity index (χ2v) is 8.85. The van der Waals surface area contributed by atoms with Crippen LogP contribution in [0.4, 0.5) is 17.2 Å². The molecular formula is C25H31N7O2. The van der Waals surface area contributed by atoms with Gasteiger partial charge in [-0.15, -0.1) is 10.2 Å². The number of nitrogens with one attached hydrogen (secondary N) is 1. The van der Waals surface area contributed by atoms with Crippen LogP contribution in [0.5, 0.6) is 11.6 Å². The predicted molar refractivity (Wildman–Crippen MR) is 133 cm³/mol. The van der Waals surface area contributed by atoms with E-state index in [1.54, 1.807) is 12.1 Å². The van der Waals surface area contributed by atoms with E-state index in [0.717, 1.165) is 56.9 Å². The first-order valence-corrected chi connectivity index (χ1v) is 11.9. The lowest BCUT2D eigenvalue weighted by Crippen LogP contribution is -2.53. The molecule has 0 saturated carbocycles. The number of para-hydroxylation sites is 1. The molecule has 0 aliphatic carbocycles. The minimum Gasteiger partial charge on any atom is -0.507 e. The SMILES string of the molecule is CCCC1CN(c2cc(-c3ccccc3O)nnc2N)CCN1c1ccnc(OC2CNC2)c1. The standard InChI is InChI=1S/C25H31N7O2/c1-2-5-18-16-31(22-13-21(29-30-25(22)26)20-6-3-4-7-23(20)33)10-11-32(18)17-8-9-28-24(12-17)34-19-14-27-15-19/h3-4,6-9,12-13,18-19,27,33H,2,5,10-11,14-16H2,1H3,(H2,26,30). The van der Waals surface area contributed by atoms with Crippen molar-refractivity contribution in [1.82, 2.24) is 20.5 Å². The summed E-state index contributed by atoms with van der Waals surface area (Å²) in [6.07, 6.45) is 4.15. The average Bonchev–Trinajstić information content (AvgIpc) is 2.83. The van der Waals surface area contributed by atoms with E-state index >= 15 is 0 Å². The first-order valence-electron chi connectivity index (χ1n) is 11.9. The van der Waals surface area contributed by atoms with E-state index in [2.05, 4.69) is 49.4 Å². The molecule has 9 heteroatoms. The van der Waals surface area contributed by atoms with Gasteiger partial charge in [-0.25, -0.2) is 4.98 Å². The van der Waals surface area contributed by atoms with Crippen molar-refractivity contribution in [3.63, 3.8) is 0 Å². The van der Waals surface area contributed by atoms with Gasteiger partial charge in [0.1, 0.15) is 11.9 Å². The molecule has 9 nitrogen and oxygen atoms in total. The van der Waals surface area contributed by atoms with Crippen LogP contribution in [0.1, 0.15) is 19.8 Å². The van der Waals surface area contributed by atoms with Crippen molar-refractivity contribution in [2.24, 2.45) is 0 Å². The zero-order chi connectivity index (χ0) is 23.5. The highest BCUT2D eigenvalue weighted by Crippen LogP contribution is 2.33. The summed E-state index contributed by atoms with van der Waals surface area (Å²) in [6, 6.07) is 13.5. The molecule has 0 radical (unpaired) electrons. The van der Waals surface area contributed by atoms with E-state index in [0.29, 0.717) is 29.0 Å². The first kappa shape index (κ1) is 22.2. The maximum Gasteiger partial charge on any atom is 0.215 e. The molecule has 0 bridgehead atoms. The van der Waals surface area contributed by atoms with Crippen LogP contribution in [0.3, 0.4) is 0 Å². The van der Waals surface area contributed by atoms with Gasteiger partial charge in [0.25, 0.3) is 0 Å². The van der Waals surface area contributed by atoms with E-state index in [1.165, 1.54) is 0 Å². The van der Waals surface area contributed by atoms with Crippen molar-refractivity contribution in [2.45, 2.75) is 31.9 Å². The Morgan fingerprint density at radius 3 is 2.76 bits per heavy atom. The Morgan fingerprint density at radius 1 is 1.15 bits per heavy atom. The number of nitrogen functional groups attached to an aromatic ring is 1. The normalized spacial score (nSPS) is 18.6. The zero-order valence-corrected chi connectivity index (χ0v) is 19.4. The van der Waals surface area contributed by atoms with Gasteiger partial charge < -0.3 is 30.7 Å². The lowest BCUT2D eigenvalue weighted by atomic mass is 10.0. The fraction of sp³-hybridized carbons (Fsp3) is 0.400. The average molecular weight is 462 g/mol. The monoisotopic (exact) mass is 461 g/mol. The molecule has 4 N–H and O–H groups in total. The number of rotatable bonds is 7. The van der Waals surface area contributed by atoms with Crippen molar-refractivity contribution in [3.05, 3.63) is 48.7 Å². The summed E-state index contributed by atoms with van der Waals surface area (Å²) in [7, 11) is 0. The van der Waals surface area contributed by atoms with Crippen molar-refractivity contribution in [3.8, 4) is 22.9 Å². The van der Waals surface area contributed by atoms with Crippen LogP contribution in [0, 0.1) is 0 Å². The van der Waals surface area contributed by atoms with Crippen LogP contribution in [-0.4, -0.2) is 65.2 Å². The predicted octanol–water partition coefficient (Wildman–Crippen LogP) is 2.67. The highest BCUT2D eigenvalue weighted by molar-refractivity contribution is 5.74. The Morgan fingerprint density at radius 2 is 2.00 bits per heavy atom. The number of pyridine rings is 1. The number of piperazine rings is 1. The molecule has 0 spiro atoms. The number of nitrogens with two attached hydrogens (primary N) is 1. The van der Waals surface area contributed by atoms with Gasteiger partial charge in [-0.2, -0.15) is 0 Å². The maximum absolute atomic E-state index is 10.3. The third kappa shape index (κ3) is 4.56. The zero-order valence-electron chi connectivity index (χ0n) is 19.4. The van der Waals surface area contributed by atoms with E-state index < -0.39 is 0 Å². The highest BCUT2D eigenvalue weighted by atomic mass is 16.5. The third-order valence-electron chi connectivity index (χ3n) is 6.51. The largest absolute Gasteiger partial charge is 0.507 e. The summed E-state index contributed by atoms with van der Waals surface area (Å²) >= 11 is 0. The second-order valence-electron chi connectivity index (χ2n) is 8.85. The smallest absolute Gasteiger partial charge is 0.215 e. The van der Waals surface area contributed by atoms with Gasteiger partial charge >= 0.3 is 0 Å². The quantitative estimate of drug-likeness (QED) is 0.489. The first-order chi connectivity index (χ1) is 16.6. The number of nitrogens with zero attached hydrogens (tertiary/aromatic N) is 5. The summed E-state index contributed by atoms with van der Waals surface area (Å²) in [4.78, 5) is 9.14. The van der Waals surface area contributed by atoms with Gasteiger partial charge in [0, 0.05) is 62.3 Å². The molecule has 2 aromatic heterocycles. The van der Waals surface area contributed by atoms with E-state index in [1.807, 2.05) is 24.4 Å². The fourth-order valence-corrected chi connectivity index (χ4v) is 4.62. The highest BCUT2D eigenvalue weighted by Gasteiger charge is 2.29. The molecule has 3 aromatic rings. The van der Waals surface area contributed by atoms with Gasteiger partial charge in [-0.05, 0) is 30.7 Å². The number of ether oxygens (including phenoxy) is 1. The molecule has 178 valence electrons. The summed E-state index contributed by atoms with van der Waals surface area (Å²) in [5.74, 6) is 1.25. The van der Waals surface area contributed by atoms with Gasteiger partial charge in [0.05, 0.1) is 11.4 Å². The van der Waals surface area contributed by atoms with Crippen molar-refractivity contribution in [1.29, 1.82) is 0 Å². The number of aromatic hydroxyl groups is 1. The molecule has 2 saturated heterocycles. The second kappa shape index (κ2) is 9.72. The van der Waals surface area contributed by atoms with Crippen LogP contribution in [0.25, 0.3) is 11.3 Å². The van der Waals surface area contributed by atoms with Crippen molar-refractivity contribution in [2.75, 3.05) is 48.3 Å². The molecule has 1 unspecified atom stereocenters. The summed E-state index contributed by atoms with van der Waals surface area (Å²) in [6.45, 7) is 6.39. The number of hydrogen-bond donors (Lipinski definition) is 3. The lowest BCUT2D eigenvalue weighted by Gasteiger charge is -2.44. The van der Waals surface area contributed by atoms with E-state index in [-0.39, 0.29) is 11.9 Å². The Kier molecular flexibility index (Phi) is 6.35.